The summed E-state index contributed by atoms with van der Waals surface area (Å²) >= 11 is 0. The van der Waals surface area contributed by atoms with Crippen LogP contribution in [-0.2, 0) is 57.5 Å². The minimum absolute atomic E-state index is 0.0182. The predicted octanol–water partition coefficient (Wildman–Crippen LogP) is 1.88. The van der Waals surface area contributed by atoms with E-state index in [9.17, 15) is 43.2 Å². The standard InChI is InChI=1S/C62H90N12O16/c1-29(2)49-61(84)86-35(11)45(40(75)23-24-64-57(31(5)6)89-73-25-17-19-38(73)59(82)69(13)27-41(76)71(49)15)66-55(80)43-44(63)51(78)34(10)53-48(43)65-47-37(22-21-33(9)52(47)88-53)54(79)67-46-36(12)87-62(85)50(30(3)4)72(16)42(77)28-70(14)60(83)39-20-18-26-74(39)90-58(32(7)8)68-56(46)81/h21-22,29-32,35-36,38-39,45-46,49-50,57-58,64H,17-20,23-28,63H2,1-16H3,(H,66,80)(H,67,79)(H,68,81). The molecule has 0 saturated carbocycles. The van der Waals surface area contributed by atoms with Crippen LogP contribution < -0.4 is 32.4 Å². The topological polar surface area (TPSA) is 344 Å². The van der Waals surface area contributed by atoms with Crippen molar-refractivity contribution in [3.63, 3.8) is 0 Å². The minimum atomic E-state index is -1.68. The molecule has 7 amide bonds. The number of esters is 2. The minimum Gasteiger partial charge on any atom is -0.458 e. The van der Waals surface area contributed by atoms with Gasteiger partial charge < -0.3 is 55.2 Å². The van der Waals surface area contributed by atoms with Gasteiger partial charge in [-0.15, -0.1) is 0 Å². The van der Waals surface area contributed by atoms with Gasteiger partial charge in [-0.2, -0.15) is 10.1 Å². The van der Waals surface area contributed by atoms with Crippen molar-refractivity contribution in [2.24, 2.45) is 23.7 Å². The van der Waals surface area contributed by atoms with Gasteiger partial charge in [0.2, 0.25) is 35.0 Å². The second-order valence-electron chi connectivity index (χ2n) is 25.5. The third-order valence-electron chi connectivity index (χ3n) is 17.2. The van der Waals surface area contributed by atoms with Crippen LogP contribution in [0, 0.1) is 37.5 Å². The van der Waals surface area contributed by atoms with Gasteiger partial charge in [-0.05, 0) is 82.8 Å². The molecule has 5 heterocycles. The molecule has 0 bridgehead atoms. The second kappa shape index (κ2) is 29.1. The summed E-state index contributed by atoms with van der Waals surface area (Å²) < 4.78 is 18.4. The van der Waals surface area contributed by atoms with E-state index in [0.717, 1.165) is 0 Å². The number of anilines is 1. The van der Waals surface area contributed by atoms with E-state index in [-0.39, 0.29) is 71.6 Å². The van der Waals surface area contributed by atoms with Crippen molar-refractivity contribution >= 4 is 75.9 Å². The number of ketones is 1. The van der Waals surface area contributed by atoms with Gasteiger partial charge >= 0.3 is 11.9 Å². The van der Waals surface area contributed by atoms with E-state index in [0.29, 0.717) is 44.3 Å². The van der Waals surface area contributed by atoms with Gasteiger partial charge in [0.05, 0.1) is 29.9 Å². The zero-order chi connectivity index (χ0) is 66.7. The Labute approximate surface area is 524 Å². The molecule has 1 aliphatic carbocycles. The first kappa shape index (κ1) is 69.8. The maximum absolute atomic E-state index is 15.1. The molecule has 0 aromatic heterocycles. The average molecular weight is 1260 g/mol. The molecule has 494 valence electrons. The SMILES string of the molecule is Cc1c2oc3c(C)ccc(C(=O)NC4C(=O)NC(C(C)C)ON5CCCC5C(=O)N(C)CC(=O)N(C)C(C(C)C)C(=O)OC4C)c3nc-2c(C(=O)NC2C(=O)CCNC(C(C)C)ON3CCCC3C(=O)N(C)CC(=O)N(C)C(C(C)C)C(=O)OC2C)c(N)c1=O. The van der Waals surface area contributed by atoms with Crippen LogP contribution in [0.3, 0.4) is 0 Å². The molecule has 4 saturated heterocycles. The summed E-state index contributed by atoms with van der Waals surface area (Å²) in [7, 11) is 5.81. The normalized spacial score (nSPS) is 26.9. The van der Waals surface area contributed by atoms with Gasteiger partial charge in [0.15, 0.2) is 23.4 Å². The van der Waals surface area contributed by atoms with E-state index in [2.05, 4.69) is 21.3 Å². The lowest BCUT2D eigenvalue weighted by atomic mass is 9.98. The van der Waals surface area contributed by atoms with Crippen molar-refractivity contribution in [1.29, 1.82) is 0 Å². The number of fused-ring (bicyclic) bond motifs is 4. The summed E-state index contributed by atoms with van der Waals surface area (Å²) in [6.07, 6.45) is -2.87. The first-order valence-corrected chi connectivity index (χ1v) is 30.9. The summed E-state index contributed by atoms with van der Waals surface area (Å²) in [5, 5.41) is 14.5. The molecule has 7 rings (SSSR count). The number of Topliss-reactive ketones (excluding diaryl/α,β-unsaturated/α-hetero) is 1. The molecule has 0 radical (unpaired) electrons. The summed E-state index contributed by atoms with van der Waals surface area (Å²) in [6.45, 7) is 19.9. The summed E-state index contributed by atoms with van der Waals surface area (Å²) in [5.41, 5.74) is 4.19. The fourth-order valence-electron chi connectivity index (χ4n) is 11.8. The number of rotatable bonds is 8. The van der Waals surface area contributed by atoms with Crippen molar-refractivity contribution < 1.29 is 71.5 Å². The zero-order valence-electron chi connectivity index (χ0n) is 54.5. The van der Waals surface area contributed by atoms with Gasteiger partial charge in [-0.1, -0.05) is 61.5 Å². The third kappa shape index (κ3) is 15.0. The number of carbonyl (C=O) groups is 10. The monoisotopic (exact) mass is 1260 g/mol. The van der Waals surface area contributed by atoms with Gasteiger partial charge in [-0.25, -0.2) is 14.6 Å². The highest BCUT2D eigenvalue weighted by Gasteiger charge is 2.44. The molecule has 10 atom stereocenters. The zero-order valence-corrected chi connectivity index (χ0v) is 54.5. The van der Waals surface area contributed by atoms with Crippen molar-refractivity contribution in [3.05, 3.63) is 44.6 Å². The number of nitrogens with one attached hydrogen (secondary N) is 4. The Morgan fingerprint density at radius 2 is 1.16 bits per heavy atom. The summed E-state index contributed by atoms with van der Waals surface area (Å²) in [5.74, 6) is -9.16. The van der Waals surface area contributed by atoms with Gasteiger partial charge in [-0.3, -0.25) is 58.1 Å². The Morgan fingerprint density at radius 3 is 1.66 bits per heavy atom. The number of nitrogen functional groups attached to an aromatic ring is 1. The molecule has 4 fully saturated rings. The molecule has 28 heteroatoms. The number of likely N-dealkylation sites (N-methyl/N-ethyl adjacent to an activating group) is 4. The van der Waals surface area contributed by atoms with Crippen LogP contribution in [0.1, 0.15) is 133 Å². The Balaban J connectivity index is 1.28. The van der Waals surface area contributed by atoms with Crippen LogP contribution >= 0.6 is 0 Å². The first-order chi connectivity index (χ1) is 42.2. The summed E-state index contributed by atoms with van der Waals surface area (Å²) in [6, 6.07) is -4.33. The molecule has 10 unspecified atom stereocenters. The number of amides is 7. The fourth-order valence-corrected chi connectivity index (χ4v) is 11.8. The Kier molecular flexibility index (Phi) is 22.6. The molecule has 1 aromatic rings. The Morgan fingerprint density at radius 1 is 0.667 bits per heavy atom. The van der Waals surface area contributed by atoms with Gasteiger partial charge in [0.25, 0.3) is 11.8 Å². The number of benzene rings is 2. The molecule has 1 aromatic carbocycles. The third-order valence-corrected chi connectivity index (χ3v) is 17.2. The lowest BCUT2D eigenvalue weighted by Gasteiger charge is -2.36. The van der Waals surface area contributed by atoms with Crippen LogP contribution in [0.15, 0.2) is 21.3 Å². The van der Waals surface area contributed by atoms with E-state index < -0.39 is 149 Å². The molecule has 28 nitrogen and oxygen atoms in total. The maximum Gasteiger partial charge on any atom is 0.329 e. The highest BCUT2D eigenvalue weighted by molar-refractivity contribution is 6.10. The lowest BCUT2D eigenvalue weighted by molar-refractivity contribution is -0.227. The van der Waals surface area contributed by atoms with E-state index in [4.69, 9.17) is 34.3 Å². The summed E-state index contributed by atoms with van der Waals surface area (Å²) in [4.78, 5) is 180. The fraction of sp³-hybridized carbons (Fsp3) is 0.645. The van der Waals surface area contributed by atoms with Crippen molar-refractivity contribution in [2.75, 3.05) is 66.6 Å². The van der Waals surface area contributed by atoms with E-state index >= 15 is 9.59 Å². The van der Waals surface area contributed by atoms with Crippen molar-refractivity contribution in [1.82, 2.24) is 56.0 Å². The van der Waals surface area contributed by atoms with Gasteiger partial charge in [0.1, 0.15) is 65.9 Å². The molecule has 6 N–H and O–H groups in total. The average Bonchev–Trinajstić information content (AvgIpc) is 0.859. The predicted molar refractivity (Wildman–Crippen MR) is 327 cm³/mol. The molecule has 6 aliphatic rings. The van der Waals surface area contributed by atoms with Crippen LogP contribution in [0.5, 0.6) is 0 Å². The van der Waals surface area contributed by atoms with Crippen LogP contribution in [-0.4, -0.2) is 216 Å². The smallest absolute Gasteiger partial charge is 0.329 e. The molecule has 5 aliphatic heterocycles. The number of nitrogens with zero attached hydrogens (tertiary/aromatic N) is 7. The quantitative estimate of drug-likeness (QED) is 0.122. The maximum atomic E-state index is 15.1. The number of hydrogen-bond donors (Lipinski definition) is 5. The van der Waals surface area contributed by atoms with E-state index in [1.807, 2.05) is 13.8 Å². The number of cyclic esters (lactones) is 2. The van der Waals surface area contributed by atoms with E-state index in [1.54, 1.807) is 53.5 Å². The Hall–Kier alpha value is -7.66. The van der Waals surface area contributed by atoms with E-state index in [1.165, 1.54) is 85.8 Å². The number of ether oxygens (including phenoxy) is 2. The lowest BCUT2D eigenvalue weighted by Crippen LogP contribution is -2.59. The van der Waals surface area contributed by atoms with Gasteiger partial charge in [0, 0.05) is 65.7 Å². The number of aryl methyl sites for hydroxylation is 1. The largest absolute Gasteiger partial charge is 0.458 e. The number of aromatic nitrogens is 1. The molecular weight excluding hydrogens is 1170 g/mol. The highest BCUT2D eigenvalue weighted by atomic mass is 16.7. The highest BCUT2D eigenvalue weighted by Crippen LogP contribution is 2.35. The van der Waals surface area contributed by atoms with Crippen LogP contribution in [0.4, 0.5) is 5.69 Å². The number of nitrogens with two attached hydrogens (primary N) is 1. The van der Waals surface area contributed by atoms with Crippen LogP contribution in [0.2, 0.25) is 0 Å². The van der Waals surface area contributed by atoms with Crippen LogP contribution in [0.25, 0.3) is 22.6 Å². The second-order valence-corrected chi connectivity index (χ2v) is 25.5. The number of hydroxylamine groups is 4. The van der Waals surface area contributed by atoms with Crippen molar-refractivity contribution in [2.45, 2.75) is 176 Å². The Bertz CT molecular complexity index is 3280. The molecule has 90 heavy (non-hydrogen) atoms. The first-order valence-electron chi connectivity index (χ1n) is 30.9. The number of hydrogen-bond acceptors (Lipinski definition) is 21. The number of carbonyl (C=O) groups excluding carboxylic acids is 10. The molecule has 0 spiro atoms. The van der Waals surface area contributed by atoms with Crippen molar-refractivity contribution in [3.8, 4) is 11.5 Å². The molecular formula is C62H90N12O16.